The molecule has 0 spiro atoms. The van der Waals surface area contributed by atoms with Crippen LogP contribution in [0.4, 0.5) is 17.1 Å². The largest absolute Gasteiger partial charge is 0.456 e. The Morgan fingerprint density at radius 3 is 1.52 bits per heavy atom. The average Bonchev–Trinajstić information content (AvgIpc) is 4.09. The van der Waals surface area contributed by atoms with E-state index in [0.29, 0.717) is 0 Å². The molecule has 12 aromatic rings. The van der Waals surface area contributed by atoms with E-state index in [0.717, 1.165) is 72.1 Å². The molecule has 0 aliphatic heterocycles. The zero-order valence-electron chi connectivity index (χ0n) is 37.1. The van der Waals surface area contributed by atoms with Gasteiger partial charge in [0.2, 0.25) is 0 Å². The van der Waals surface area contributed by atoms with Gasteiger partial charge in [-0.15, -0.1) is 0 Å². The molecule has 2 heterocycles. The van der Waals surface area contributed by atoms with E-state index in [1.54, 1.807) is 0 Å². The number of para-hydroxylation sites is 1. The van der Waals surface area contributed by atoms with Crippen LogP contribution in [0.5, 0.6) is 0 Å². The minimum Gasteiger partial charge on any atom is -0.456 e. The predicted molar refractivity (Wildman–Crippen MR) is 276 cm³/mol. The standard InChI is InChI=1S/C64H43NO2/c1-63(2)55-27-14-12-23-47(55)49-32-29-43(35-57(49)63)65(44-30-33-50-48-24-13-15-28-56(48)64(58(50)36-44,41-19-8-4-9-20-41)42-21-10-5-11-22-42)45-31-34-51-53-38-61-54(39-60(53)66-59(51)37-45)52-26-16-25-46(62(52)67-61)40-17-6-3-7-18-40/h3-39H,1-2H3. The van der Waals surface area contributed by atoms with Crippen molar-refractivity contribution < 1.29 is 8.83 Å². The van der Waals surface area contributed by atoms with Gasteiger partial charge in [-0.05, 0) is 110 Å². The molecule has 3 heteroatoms. The maximum absolute atomic E-state index is 6.90. The Morgan fingerprint density at radius 2 is 0.821 bits per heavy atom. The molecule has 0 atom stereocenters. The summed E-state index contributed by atoms with van der Waals surface area (Å²) in [5.74, 6) is 0. The van der Waals surface area contributed by atoms with Crippen LogP contribution in [0.3, 0.4) is 0 Å². The minimum absolute atomic E-state index is 0.172. The molecule has 0 radical (unpaired) electrons. The van der Waals surface area contributed by atoms with Gasteiger partial charge in [0.1, 0.15) is 22.3 Å². The molecule has 0 amide bonds. The van der Waals surface area contributed by atoms with E-state index in [-0.39, 0.29) is 5.41 Å². The number of fused-ring (bicyclic) bond motifs is 12. The topological polar surface area (TPSA) is 29.5 Å². The van der Waals surface area contributed by atoms with Gasteiger partial charge in [0.05, 0.1) is 5.41 Å². The van der Waals surface area contributed by atoms with Crippen LogP contribution in [0.25, 0.3) is 77.3 Å². The quantitative estimate of drug-likeness (QED) is 0.167. The summed E-state index contributed by atoms with van der Waals surface area (Å²) in [5, 5.41) is 4.20. The van der Waals surface area contributed by atoms with Gasteiger partial charge >= 0.3 is 0 Å². The smallest absolute Gasteiger partial charge is 0.143 e. The first-order chi connectivity index (χ1) is 33.0. The number of anilines is 3. The summed E-state index contributed by atoms with van der Waals surface area (Å²) in [6, 6.07) is 82.0. The highest BCUT2D eigenvalue weighted by Gasteiger charge is 2.46. The van der Waals surface area contributed by atoms with Crippen molar-refractivity contribution in [2.75, 3.05) is 4.90 Å². The van der Waals surface area contributed by atoms with Crippen LogP contribution in [-0.4, -0.2) is 0 Å². The monoisotopic (exact) mass is 857 g/mol. The van der Waals surface area contributed by atoms with Crippen LogP contribution < -0.4 is 4.90 Å². The highest BCUT2D eigenvalue weighted by Crippen LogP contribution is 2.58. The summed E-state index contributed by atoms with van der Waals surface area (Å²) in [6.45, 7) is 4.71. The molecule has 0 saturated heterocycles. The number of benzene rings is 10. The van der Waals surface area contributed by atoms with Gasteiger partial charge in [0, 0.05) is 55.7 Å². The summed E-state index contributed by atoms with van der Waals surface area (Å²) < 4.78 is 13.6. The number of rotatable bonds is 6. The Hall–Kier alpha value is -8.40. The molecule has 2 aliphatic carbocycles. The lowest BCUT2D eigenvalue weighted by atomic mass is 9.67. The van der Waals surface area contributed by atoms with Gasteiger partial charge in [-0.1, -0.05) is 184 Å². The third kappa shape index (κ3) is 5.34. The summed E-state index contributed by atoms with van der Waals surface area (Å²) in [5.41, 5.74) is 20.9. The van der Waals surface area contributed by atoms with Crippen LogP contribution in [0.2, 0.25) is 0 Å². The molecule has 0 fully saturated rings. The molecule has 316 valence electrons. The SMILES string of the molecule is CC1(C)c2ccccc2-c2ccc(N(c3ccc4c(c3)C(c3ccccc3)(c3ccccc3)c3ccccc3-4)c3ccc4c(c3)oc3cc5c(cc34)oc3c(-c4ccccc4)cccc35)cc21. The van der Waals surface area contributed by atoms with Gasteiger partial charge in [-0.25, -0.2) is 0 Å². The summed E-state index contributed by atoms with van der Waals surface area (Å²) in [6.07, 6.45) is 0. The number of hydrogen-bond donors (Lipinski definition) is 0. The minimum atomic E-state index is -0.538. The maximum atomic E-state index is 6.90. The Labute approximate surface area is 388 Å². The van der Waals surface area contributed by atoms with Crippen LogP contribution in [0.1, 0.15) is 47.2 Å². The molecule has 0 unspecified atom stereocenters. The third-order valence-corrected chi connectivity index (χ3v) is 14.9. The van der Waals surface area contributed by atoms with Gasteiger partial charge in [0.15, 0.2) is 0 Å². The Kier molecular flexibility index (Phi) is 7.95. The first kappa shape index (κ1) is 37.9. The van der Waals surface area contributed by atoms with Gasteiger partial charge in [-0.3, -0.25) is 0 Å². The lowest BCUT2D eigenvalue weighted by Crippen LogP contribution is -2.28. The van der Waals surface area contributed by atoms with Crippen molar-refractivity contribution in [3.63, 3.8) is 0 Å². The molecular formula is C64H43NO2. The Bertz CT molecular complexity index is 3910. The normalized spacial score (nSPS) is 14.1. The molecular weight excluding hydrogens is 815 g/mol. The van der Waals surface area contributed by atoms with Crippen molar-refractivity contribution in [1.29, 1.82) is 0 Å². The number of hydrogen-bond acceptors (Lipinski definition) is 3. The lowest BCUT2D eigenvalue weighted by Gasteiger charge is -2.35. The van der Waals surface area contributed by atoms with Crippen molar-refractivity contribution in [3.05, 3.63) is 258 Å². The Morgan fingerprint density at radius 1 is 0.328 bits per heavy atom. The second-order valence-electron chi connectivity index (χ2n) is 18.8. The fourth-order valence-electron chi connectivity index (χ4n) is 11.9. The van der Waals surface area contributed by atoms with Crippen LogP contribution in [-0.2, 0) is 10.8 Å². The zero-order valence-corrected chi connectivity index (χ0v) is 37.1. The molecule has 0 N–H and O–H groups in total. The van der Waals surface area contributed by atoms with E-state index in [9.17, 15) is 0 Å². The van der Waals surface area contributed by atoms with Gasteiger partial charge in [-0.2, -0.15) is 0 Å². The second kappa shape index (κ2) is 14.1. The van der Waals surface area contributed by atoms with E-state index < -0.39 is 5.41 Å². The summed E-state index contributed by atoms with van der Waals surface area (Å²) >= 11 is 0. The van der Waals surface area contributed by atoms with Crippen LogP contribution >= 0.6 is 0 Å². The molecule has 67 heavy (non-hydrogen) atoms. The van der Waals surface area contributed by atoms with Crippen molar-refractivity contribution in [2.45, 2.75) is 24.7 Å². The Balaban J connectivity index is 0.985. The second-order valence-corrected chi connectivity index (χ2v) is 18.8. The van der Waals surface area contributed by atoms with Crippen LogP contribution in [0, 0.1) is 0 Å². The molecule has 0 saturated carbocycles. The predicted octanol–water partition coefficient (Wildman–Crippen LogP) is 17.3. The highest BCUT2D eigenvalue weighted by molar-refractivity contribution is 6.17. The summed E-state index contributed by atoms with van der Waals surface area (Å²) in [7, 11) is 0. The molecule has 2 aliphatic rings. The van der Waals surface area contributed by atoms with E-state index >= 15 is 0 Å². The number of nitrogens with zero attached hydrogens (tertiary/aromatic N) is 1. The maximum Gasteiger partial charge on any atom is 0.143 e. The number of furan rings is 2. The van der Waals surface area contributed by atoms with Crippen molar-refractivity contribution in [3.8, 4) is 33.4 Å². The first-order valence-electron chi connectivity index (χ1n) is 23.2. The first-order valence-corrected chi connectivity index (χ1v) is 23.2. The highest BCUT2D eigenvalue weighted by atomic mass is 16.3. The van der Waals surface area contributed by atoms with E-state index in [4.69, 9.17) is 8.83 Å². The third-order valence-electron chi connectivity index (χ3n) is 14.9. The molecule has 0 bridgehead atoms. The molecule has 2 aromatic heterocycles. The molecule has 10 aromatic carbocycles. The van der Waals surface area contributed by atoms with Crippen LogP contribution in [0.15, 0.2) is 233 Å². The molecule has 14 rings (SSSR count). The lowest BCUT2D eigenvalue weighted by molar-refractivity contribution is 0.660. The van der Waals surface area contributed by atoms with E-state index in [2.05, 4.69) is 237 Å². The van der Waals surface area contributed by atoms with Gasteiger partial charge in [0.25, 0.3) is 0 Å². The van der Waals surface area contributed by atoms with Crippen molar-refractivity contribution in [2.24, 2.45) is 0 Å². The van der Waals surface area contributed by atoms with Gasteiger partial charge < -0.3 is 13.7 Å². The van der Waals surface area contributed by atoms with Crippen molar-refractivity contribution in [1.82, 2.24) is 0 Å². The van der Waals surface area contributed by atoms with E-state index in [1.165, 1.54) is 55.6 Å². The zero-order chi connectivity index (χ0) is 44.4. The fourth-order valence-corrected chi connectivity index (χ4v) is 11.9. The van der Waals surface area contributed by atoms with Crippen molar-refractivity contribution >= 4 is 60.9 Å². The fraction of sp³-hybridized carbons (Fsp3) is 0.0625. The molecule has 3 nitrogen and oxygen atoms in total. The average molecular weight is 858 g/mol. The summed E-state index contributed by atoms with van der Waals surface area (Å²) in [4.78, 5) is 2.43. The van der Waals surface area contributed by atoms with E-state index in [1.807, 2.05) is 6.07 Å².